The van der Waals surface area contributed by atoms with Crippen LogP contribution in [0, 0.1) is 0 Å². The highest BCUT2D eigenvalue weighted by atomic mass is 35.5. The highest BCUT2D eigenvalue weighted by Crippen LogP contribution is 2.40. The number of halogens is 2. The number of nitrogens with one attached hydrogen (secondary N) is 2. The van der Waals surface area contributed by atoms with E-state index in [0.717, 1.165) is 0 Å². The molecule has 5 N–H and O–H groups in total. The van der Waals surface area contributed by atoms with Crippen molar-refractivity contribution in [3.05, 3.63) is 46.4 Å². The number of rotatable bonds is 3. The lowest BCUT2D eigenvalue weighted by Crippen LogP contribution is -2.13. The second kappa shape index (κ2) is 7.41. The number of hydrogen-bond acceptors (Lipinski definition) is 5. The maximum atomic E-state index is 11.4. The van der Waals surface area contributed by atoms with E-state index < -0.39 is 10.0 Å². The molecule has 0 saturated carbocycles. The first kappa shape index (κ1) is 19.5. The van der Waals surface area contributed by atoms with Gasteiger partial charge in [0, 0.05) is 16.1 Å². The van der Waals surface area contributed by atoms with E-state index in [0.29, 0.717) is 26.6 Å². The number of fused-ring (bicyclic) bond motifs is 1. The monoisotopic (exact) mass is 443 g/mol. The number of H-pyrrole nitrogens is 1. The van der Waals surface area contributed by atoms with Gasteiger partial charge in [-0.2, -0.15) is 0 Å². The van der Waals surface area contributed by atoms with Crippen LogP contribution in [0.5, 0.6) is 5.88 Å². The maximum absolute atomic E-state index is 11.4. The van der Waals surface area contributed by atoms with E-state index in [1.807, 2.05) is 0 Å². The summed E-state index contributed by atoms with van der Waals surface area (Å²) in [7, 11) is -3.85. The third kappa shape index (κ3) is 4.37. The third-order valence-corrected chi connectivity index (χ3v) is 5.04. The van der Waals surface area contributed by atoms with Gasteiger partial charge in [0.2, 0.25) is 21.0 Å². The van der Waals surface area contributed by atoms with Gasteiger partial charge < -0.3 is 15.4 Å². The molecule has 0 fully saturated rings. The Hall–Kier alpha value is -2.24. The van der Waals surface area contributed by atoms with E-state index in [1.165, 1.54) is 24.3 Å². The average molecular weight is 444 g/mol. The molecule has 0 aliphatic carbocycles. The smallest absolute Gasteiger partial charge is 0.238 e. The van der Waals surface area contributed by atoms with Gasteiger partial charge in [0.25, 0.3) is 0 Å². The Morgan fingerprint density at radius 1 is 1.26 bits per heavy atom. The van der Waals surface area contributed by atoms with Gasteiger partial charge >= 0.3 is 0 Å². The Kier molecular flexibility index (Phi) is 5.36. The zero-order valence-corrected chi connectivity index (χ0v) is 16.4. The van der Waals surface area contributed by atoms with Crippen LogP contribution in [0.2, 0.25) is 10.0 Å². The van der Waals surface area contributed by atoms with E-state index in [9.17, 15) is 13.5 Å². The van der Waals surface area contributed by atoms with Gasteiger partial charge in [0.05, 0.1) is 15.4 Å². The molecule has 0 bridgehead atoms. The third-order valence-electron chi connectivity index (χ3n) is 3.43. The zero-order chi connectivity index (χ0) is 19.8. The highest BCUT2D eigenvalue weighted by molar-refractivity contribution is 7.89. The summed E-state index contributed by atoms with van der Waals surface area (Å²) in [6, 6.07) is 8.82. The molecule has 0 amide bonds. The summed E-state index contributed by atoms with van der Waals surface area (Å²) in [6.45, 7) is 0. The number of nitrogens with two attached hydrogens (primary N) is 1. The molecule has 3 rings (SSSR count). The second-order valence-electron chi connectivity index (χ2n) is 5.34. The van der Waals surface area contributed by atoms with E-state index in [4.69, 9.17) is 40.6 Å². The number of thiocarbonyl (C=S) groups is 1. The molecule has 2 aromatic carbocycles. The normalized spacial score (nSPS) is 12.0. The molecular weight excluding hydrogens is 433 g/mol. The molecule has 0 spiro atoms. The van der Waals surface area contributed by atoms with Crippen molar-refractivity contribution in [1.29, 1.82) is 0 Å². The molecule has 0 unspecified atom stereocenters. The molecule has 3 aromatic rings. The van der Waals surface area contributed by atoms with Crippen LogP contribution < -0.4 is 10.5 Å². The van der Waals surface area contributed by atoms with Crippen molar-refractivity contribution in [3.63, 3.8) is 0 Å². The van der Waals surface area contributed by atoms with Gasteiger partial charge in [-0.15, -0.1) is 10.2 Å². The van der Waals surface area contributed by atoms with Crippen LogP contribution in [0.15, 0.2) is 51.5 Å². The number of benzene rings is 2. The quantitative estimate of drug-likeness (QED) is 0.353. The van der Waals surface area contributed by atoms with E-state index in [-0.39, 0.29) is 21.6 Å². The van der Waals surface area contributed by atoms with Gasteiger partial charge in [0.1, 0.15) is 0 Å². The minimum atomic E-state index is -3.85. The number of sulfonamides is 1. The molecule has 12 heteroatoms. The van der Waals surface area contributed by atoms with Gasteiger partial charge in [-0.1, -0.05) is 29.3 Å². The zero-order valence-electron chi connectivity index (χ0n) is 13.3. The average Bonchev–Trinajstić information content (AvgIpc) is 2.88. The molecule has 0 aliphatic rings. The summed E-state index contributed by atoms with van der Waals surface area (Å²) < 4.78 is 22.8. The Balaban J connectivity index is 1.86. The van der Waals surface area contributed by atoms with Gasteiger partial charge in [-0.25, -0.2) is 13.6 Å². The fourth-order valence-electron chi connectivity index (χ4n) is 2.29. The Morgan fingerprint density at radius 3 is 2.70 bits per heavy atom. The summed E-state index contributed by atoms with van der Waals surface area (Å²) in [5, 5.41) is 26.7. The number of anilines is 1. The number of azo groups is 1. The highest BCUT2D eigenvalue weighted by Gasteiger charge is 2.14. The van der Waals surface area contributed by atoms with E-state index in [1.54, 1.807) is 12.1 Å². The molecular formula is C15H11Cl2N5O3S2. The second-order valence-corrected chi connectivity index (χ2v) is 8.13. The summed E-state index contributed by atoms with van der Waals surface area (Å²) in [4.78, 5) is 2.61. The molecule has 1 heterocycles. The number of nitrogens with zero attached hydrogens (tertiary/aromatic N) is 2. The minimum Gasteiger partial charge on any atom is -0.493 e. The van der Waals surface area contributed by atoms with Crippen molar-refractivity contribution in [3.8, 4) is 5.88 Å². The van der Waals surface area contributed by atoms with Crippen LogP contribution >= 0.6 is 35.4 Å². The Morgan fingerprint density at radius 2 is 2.00 bits per heavy atom. The number of aromatic amines is 1. The van der Waals surface area contributed by atoms with Crippen LogP contribution in [0.4, 0.5) is 11.4 Å². The van der Waals surface area contributed by atoms with Crippen molar-refractivity contribution in [2.24, 2.45) is 15.4 Å². The Labute approximate surface area is 169 Å². The molecule has 0 saturated heterocycles. The lowest BCUT2D eigenvalue weighted by atomic mass is 10.2. The van der Waals surface area contributed by atoms with Crippen molar-refractivity contribution >= 4 is 72.8 Å². The largest absolute Gasteiger partial charge is 0.493 e. The number of primary sulfonamides is 1. The number of hydrogen-bond donors (Lipinski definition) is 4. The van der Waals surface area contributed by atoms with Gasteiger partial charge in [0.15, 0.2) is 5.69 Å². The summed E-state index contributed by atoms with van der Waals surface area (Å²) in [5.74, 6) is -0.253. The van der Waals surface area contributed by atoms with Crippen molar-refractivity contribution in [1.82, 2.24) is 4.98 Å². The molecule has 0 radical (unpaired) electrons. The van der Waals surface area contributed by atoms with Crippen LogP contribution in [-0.2, 0) is 10.0 Å². The molecule has 27 heavy (non-hydrogen) atoms. The molecule has 0 aliphatic heterocycles. The topological polar surface area (TPSA) is 133 Å². The van der Waals surface area contributed by atoms with Crippen molar-refractivity contribution < 1.29 is 13.5 Å². The first-order valence-corrected chi connectivity index (χ1v) is 9.91. The van der Waals surface area contributed by atoms with Crippen LogP contribution in [0.1, 0.15) is 0 Å². The minimum absolute atomic E-state index is 0.0663. The van der Waals surface area contributed by atoms with Crippen LogP contribution in [0.3, 0.4) is 0 Å². The Bertz CT molecular complexity index is 1190. The van der Waals surface area contributed by atoms with Gasteiger partial charge in [-0.3, -0.25) is 0 Å². The molecule has 0 atom stereocenters. The van der Waals surface area contributed by atoms with E-state index in [2.05, 4.69) is 20.5 Å². The van der Waals surface area contributed by atoms with E-state index >= 15 is 0 Å². The summed E-state index contributed by atoms with van der Waals surface area (Å²) in [6.07, 6.45) is 0. The first-order chi connectivity index (χ1) is 12.6. The first-order valence-electron chi connectivity index (χ1n) is 7.20. The molecule has 8 nitrogen and oxygen atoms in total. The summed E-state index contributed by atoms with van der Waals surface area (Å²) >= 11 is 17.1. The lowest BCUT2D eigenvalue weighted by molar-refractivity contribution is 0.459. The lowest BCUT2D eigenvalue weighted by Gasteiger charge is -2.05. The predicted molar refractivity (Wildman–Crippen MR) is 109 cm³/mol. The number of aromatic nitrogens is 1. The SMILES string of the molecule is NS(=O)(=O)c1cccc(NC(=S)N=Nc2c(O)[nH]c3c(Cl)cc(Cl)cc23)c1. The number of aromatic hydroxyl groups is 1. The predicted octanol–water partition coefficient (Wildman–Crippen LogP) is 4.31. The summed E-state index contributed by atoms with van der Waals surface area (Å²) in [5.41, 5.74) is 0.920. The maximum Gasteiger partial charge on any atom is 0.238 e. The van der Waals surface area contributed by atoms with Gasteiger partial charge in [-0.05, 0) is 42.5 Å². The fraction of sp³-hybridized carbons (Fsp3) is 0. The standard InChI is InChI=1S/C15H11Cl2N5O3S2/c16-7-4-10-12(11(17)5-7)20-14(23)13(10)21-22-15(26)19-8-2-1-3-9(6-8)27(18,24)25/h1-6,20,23H,(H,19,26)(H2,18,24,25). The molecule has 140 valence electrons. The van der Waals surface area contributed by atoms with Crippen LogP contribution in [0.25, 0.3) is 10.9 Å². The van der Waals surface area contributed by atoms with Crippen LogP contribution in [-0.4, -0.2) is 23.6 Å². The fourth-order valence-corrected chi connectivity index (χ4v) is 3.55. The molecule has 1 aromatic heterocycles. The van der Waals surface area contributed by atoms with Crippen molar-refractivity contribution in [2.45, 2.75) is 4.90 Å². The van der Waals surface area contributed by atoms with Crippen molar-refractivity contribution in [2.75, 3.05) is 5.32 Å².